The van der Waals surface area contributed by atoms with Crippen molar-refractivity contribution in [2.45, 2.75) is 33.1 Å². The Balaban J connectivity index is 2.66. The molecule has 1 rings (SSSR count). The highest BCUT2D eigenvalue weighted by Crippen LogP contribution is 2.27. The first-order chi connectivity index (χ1) is 8.37. The molecule has 1 aromatic rings. The van der Waals surface area contributed by atoms with Crippen molar-refractivity contribution in [3.8, 4) is 0 Å². The highest BCUT2D eigenvalue weighted by molar-refractivity contribution is 9.10. The molecule has 1 aromatic carbocycles. The highest BCUT2D eigenvalue weighted by atomic mass is 79.9. The molecule has 0 saturated carbocycles. The molecule has 0 spiro atoms. The van der Waals surface area contributed by atoms with E-state index in [9.17, 15) is 9.59 Å². The average Bonchev–Trinajstić information content (AvgIpc) is 2.31. The first kappa shape index (κ1) is 14.9. The van der Waals surface area contributed by atoms with E-state index in [0.717, 1.165) is 10.0 Å². The van der Waals surface area contributed by atoms with Crippen LogP contribution in [0.1, 0.15) is 32.3 Å². The van der Waals surface area contributed by atoms with Crippen LogP contribution in [0.15, 0.2) is 28.7 Å². The van der Waals surface area contributed by atoms with Gasteiger partial charge in [0.1, 0.15) is 5.78 Å². The highest BCUT2D eigenvalue weighted by Gasteiger charge is 2.33. The zero-order valence-electron chi connectivity index (χ0n) is 10.6. The second-order valence-corrected chi connectivity index (χ2v) is 5.65. The van der Waals surface area contributed by atoms with Crippen LogP contribution >= 0.6 is 15.9 Å². The van der Waals surface area contributed by atoms with Crippen LogP contribution in [-0.4, -0.2) is 16.9 Å². The van der Waals surface area contributed by atoms with Gasteiger partial charge in [0.2, 0.25) is 0 Å². The average molecular weight is 313 g/mol. The number of rotatable bonds is 6. The molecule has 0 heterocycles. The number of ketones is 1. The molecule has 0 radical (unpaired) electrons. The molecule has 0 aliphatic rings. The van der Waals surface area contributed by atoms with Gasteiger partial charge in [-0.05, 0) is 31.0 Å². The first-order valence-corrected chi connectivity index (χ1v) is 6.66. The van der Waals surface area contributed by atoms with Crippen LogP contribution < -0.4 is 0 Å². The largest absolute Gasteiger partial charge is 0.481 e. The van der Waals surface area contributed by atoms with Gasteiger partial charge in [-0.15, -0.1) is 0 Å². The smallest absolute Gasteiger partial charge is 0.309 e. The molecule has 0 fully saturated rings. The summed E-state index contributed by atoms with van der Waals surface area (Å²) in [6.45, 7) is 3.41. The third kappa shape index (κ3) is 3.95. The monoisotopic (exact) mass is 312 g/mol. The Bertz CT molecular complexity index is 439. The van der Waals surface area contributed by atoms with E-state index in [2.05, 4.69) is 15.9 Å². The normalized spacial score (nSPS) is 13.9. The predicted octanol–water partition coefficient (Wildman–Crippen LogP) is 3.45. The van der Waals surface area contributed by atoms with Crippen molar-refractivity contribution in [3.05, 3.63) is 34.3 Å². The number of carboxylic acid groups (broad SMARTS) is 1. The summed E-state index contributed by atoms with van der Waals surface area (Å²) < 4.78 is 0.961. The molecule has 0 aliphatic heterocycles. The Morgan fingerprint density at radius 3 is 2.28 bits per heavy atom. The number of carboxylic acids is 1. The van der Waals surface area contributed by atoms with E-state index in [1.807, 2.05) is 24.3 Å². The zero-order chi connectivity index (χ0) is 13.8. The van der Waals surface area contributed by atoms with Gasteiger partial charge < -0.3 is 5.11 Å². The van der Waals surface area contributed by atoms with Crippen molar-refractivity contribution in [2.75, 3.05) is 0 Å². The summed E-state index contributed by atoms with van der Waals surface area (Å²) in [5.41, 5.74) is -0.0426. The van der Waals surface area contributed by atoms with Crippen molar-refractivity contribution >= 4 is 27.7 Å². The fourth-order valence-electron chi connectivity index (χ4n) is 1.68. The third-order valence-electron chi connectivity index (χ3n) is 3.20. The lowest BCUT2D eigenvalue weighted by atomic mass is 9.81. The summed E-state index contributed by atoms with van der Waals surface area (Å²) in [6, 6.07) is 7.48. The third-order valence-corrected chi connectivity index (χ3v) is 3.73. The van der Waals surface area contributed by atoms with Gasteiger partial charge >= 0.3 is 5.97 Å². The van der Waals surface area contributed by atoms with E-state index in [-0.39, 0.29) is 18.6 Å². The maximum atomic E-state index is 11.9. The maximum Gasteiger partial charge on any atom is 0.309 e. The zero-order valence-corrected chi connectivity index (χ0v) is 12.2. The fraction of sp³-hybridized carbons (Fsp3) is 0.429. The molecule has 0 amide bonds. The van der Waals surface area contributed by atoms with Crippen molar-refractivity contribution in [1.29, 1.82) is 0 Å². The summed E-state index contributed by atoms with van der Waals surface area (Å²) in [4.78, 5) is 23.0. The molecule has 0 unspecified atom stereocenters. The summed E-state index contributed by atoms with van der Waals surface area (Å²) in [7, 11) is 0. The number of carbonyl (C=O) groups is 2. The second-order valence-electron chi connectivity index (χ2n) is 4.74. The van der Waals surface area contributed by atoms with Gasteiger partial charge in [0.25, 0.3) is 0 Å². The van der Waals surface area contributed by atoms with Crippen molar-refractivity contribution in [2.24, 2.45) is 5.41 Å². The summed E-state index contributed by atoms with van der Waals surface area (Å²) in [5.74, 6) is -0.946. The number of benzene rings is 1. The van der Waals surface area contributed by atoms with Crippen LogP contribution in [0, 0.1) is 5.41 Å². The van der Waals surface area contributed by atoms with Gasteiger partial charge in [-0.3, -0.25) is 9.59 Å². The minimum Gasteiger partial charge on any atom is -0.481 e. The van der Waals surface area contributed by atoms with Crippen LogP contribution in [0.3, 0.4) is 0 Å². The Morgan fingerprint density at radius 2 is 1.83 bits per heavy atom. The number of carbonyl (C=O) groups excluding carboxylic acids is 1. The van der Waals surface area contributed by atoms with E-state index < -0.39 is 11.4 Å². The van der Waals surface area contributed by atoms with Crippen LogP contribution in [0.5, 0.6) is 0 Å². The van der Waals surface area contributed by atoms with Gasteiger partial charge in [-0.25, -0.2) is 0 Å². The Morgan fingerprint density at radius 1 is 1.28 bits per heavy atom. The Labute approximate surface area is 115 Å². The lowest BCUT2D eigenvalue weighted by Crippen LogP contribution is -2.30. The maximum absolute atomic E-state index is 11.9. The quantitative estimate of drug-likeness (QED) is 0.875. The SMILES string of the molecule is CC[C@@](C)(CC(=O)Cc1ccc(Br)cc1)C(=O)O. The number of halogens is 1. The van der Waals surface area contributed by atoms with E-state index in [4.69, 9.17) is 5.11 Å². The summed E-state index contributed by atoms with van der Waals surface area (Å²) in [6.07, 6.45) is 0.819. The van der Waals surface area contributed by atoms with Gasteiger partial charge in [0.15, 0.2) is 0 Å². The topological polar surface area (TPSA) is 54.4 Å². The van der Waals surface area contributed by atoms with E-state index >= 15 is 0 Å². The molecule has 98 valence electrons. The first-order valence-electron chi connectivity index (χ1n) is 5.87. The molecule has 0 bridgehead atoms. The molecule has 4 heteroatoms. The molecular weight excluding hydrogens is 296 g/mol. The van der Waals surface area contributed by atoms with E-state index in [1.165, 1.54) is 0 Å². The molecule has 18 heavy (non-hydrogen) atoms. The fourth-order valence-corrected chi connectivity index (χ4v) is 1.94. The number of Topliss-reactive ketones (excluding diaryl/α,β-unsaturated/α-hetero) is 1. The summed E-state index contributed by atoms with van der Waals surface area (Å²) >= 11 is 3.33. The minimum atomic E-state index is -0.952. The molecular formula is C14H17BrO3. The van der Waals surface area contributed by atoms with E-state index in [0.29, 0.717) is 6.42 Å². The molecule has 1 N–H and O–H groups in total. The van der Waals surface area contributed by atoms with Gasteiger partial charge in [-0.2, -0.15) is 0 Å². The standard InChI is InChI=1S/C14H17BrO3/c1-3-14(2,13(17)18)9-12(16)8-10-4-6-11(15)7-5-10/h4-7H,3,8-9H2,1-2H3,(H,17,18)/t14-/m0/s1. The van der Waals surface area contributed by atoms with Crippen molar-refractivity contribution in [3.63, 3.8) is 0 Å². The Kier molecular flexibility index (Phi) is 5.08. The number of hydrogen-bond donors (Lipinski definition) is 1. The van der Waals surface area contributed by atoms with Gasteiger partial charge in [0, 0.05) is 17.3 Å². The predicted molar refractivity (Wildman–Crippen MR) is 73.5 cm³/mol. The van der Waals surface area contributed by atoms with Crippen LogP contribution in [0.4, 0.5) is 0 Å². The molecule has 0 aliphatic carbocycles. The van der Waals surface area contributed by atoms with Crippen LogP contribution in [0.25, 0.3) is 0 Å². The van der Waals surface area contributed by atoms with Crippen LogP contribution in [0.2, 0.25) is 0 Å². The minimum absolute atomic E-state index is 0.0379. The summed E-state index contributed by atoms with van der Waals surface area (Å²) in [5, 5.41) is 9.13. The van der Waals surface area contributed by atoms with Crippen molar-refractivity contribution < 1.29 is 14.7 Å². The lowest BCUT2D eigenvalue weighted by molar-refractivity contribution is -0.150. The molecule has 0 aromatic heterocycles. The number of hydrogen-bond acceptors (Lipinski definition) is 2. The van der Waals surface area contributed by atoms with Crippen molar-refractivity contribution in [1.82, 2.24) is 0 Å². The van der Waals surface area contributed by atoms with E-state index in [1.54, 1.807) is 13.8 Å². The molecule has 0 saturated heterocycles. The molecule has 3 nitrogen and oxygen atoms in total. The Hall–Kier alpha value is -1.16. The number of aliphatic carboxylic acids is 1. The lowest BCUT2D eigenvalue weighted by Gasteiger charge is -2.21. The van der Waals surface area contributed by atoms with Gasteiger partial charge in [0.05, 0.1) is 5.41 Å². The molecule has 1 atom stereocenters. The van der Waals surface area contributed by atoms with Gasteiger partial charge in [-0.1, -0.05) is 35.0 Å². The second kappa shape index (κ2) is 6.14. The van der Waals surface area contributed by atoms with Crippen LogP contribution in [-0.2, 0) is 16.0 Å².